The zero-order valence-electron chi connectivity index (χ0n) is 10.6. The summed E-state index contributed by atoms with van der Waals surface area (Å²) in [5, 5.41) is 11.9. The Hall–Kier alpha value is -1.20. The molecule has 0 bridgehead atoms. The summed E-state index contributed by atoms with van der Waals surface area (Å²) >= 11 is 1.53. The molecule has 18 heavy (non-hydrogen) atoms. The normalized spacial score (nSPS) is 13.7. The van der Waals surface area contributed by atoms with Gasteiger partial charge < -0.3 is 15.2 Å². The summed E-state index contributed by atoms with van der Waals surface area (Å²) in [6.07, 6.45) is 1.91. The smallest absolute Gasteiger partial charge is 0.258 e. The molecule has 1 amide bonds. The van der Waals surface area contributed by atoms with Crippen molar-refractivity contribution >= 4 is 17.7 Å². The van der Waals surface area contributed by atoms with Gasteiger partial charge in [0.25, 0.3) is 5.91 Å². The number of para-hydroxylation sites is 1. The van der Waals surface area contributed by atoms with Crippen molar-refractivity contribution in [1.29, 1.82) is 0 Å². The molecule has 100 valence electrons. The predicted octanol–water partition coefficient (Wildman–Crippen LogP) is 1.29. The van der Waals surface area contributed by atoms with Gasteiger partial charge in [-0.15, -0.1) is 0 Å². The molecule has 2 N–H and O–H groups in total. The Kier molecular flexibility index (Phi) is 6.60. The molecule has 0 aliphatic heterocycles. The van der Waals surface area contributed by atoms with Gasteiger partial charge in [-0.05, 0) is 25.3 Å². The van der Waals surface area contributed by atoms with Crippen LogP contribution in [0.5, 0.6) is 5.75 Å². The highest BCUT2D eigenvalue weighted by Gasteiger charge is 2.17. The van der Waals surface area contributed by atoms with Gasteiger partial charge >= 0.3 is 0 Å². The van der Waals surface area contributed by atoms with Crippen LogP contribution in [0, 0.1) is 0 Å². The van der Waals surface area contributed by atoms with Crippen LogP contribution in [0.25, 0.3) is 0 Å². The molecule has 2 unspecified atom stereocenters. The van der Waals surface area contributed by atoms with Gasteiger partial charge in [0.2, 0.25) is 0 Å². The molecule has 0 spiro atoms. The molecule has 4 nitrogen and oxygen atoms in total. The number of hydrogen-bond donors (Lipinski definition) is 2. The zero-order valence-corrected chi connectivity index (χ0v) is 11.4. The second kappa shape index (κ2) is 8.00. The number of aliphatic hydroxyl groups is 1. The number of rotatable bonds is 7. The summed E-state index contributed by atoms with van der Waals surface area (Å²) in [6, 6.07) is 9.11. The van der Waals surface area contributed by atoms with Crippen LogP contribution in [0.15, 0.2) is 30.3 Å². The molecule has 1 aromatic rings. The molecule has 0 aromatic heterocycles. The van der Waals surface area contributed by atoms with E-state index in [4.69, 9.17) is 9.84 Å². The first kappa shape index (κ1) is 14.9. The standard InChI is InChI=1S/C13H19NO3S/c1-10(12(8-15)18-2)14-13(16)9-17-11-6-4-3-5-7-11/h3-7,10,12,15H,8-9H2,1-2H3,(H,14,16). The molecule has 0 aliphatic rings. The molecule has 0 heterocycles. The van der Waals surface area contributed by atoms with Crippen molar-refractivity contribution in [1.82, 2.24) is 5.32 Å². The lowest BCUT2D eigenvalue weighted by atomic mass is 10.2. The topological polar surface area (TPSA) is 58.6 Å². The van der Waals surface area contributed by atoms with E-state index in [9.17, 15) is 4.79 Å². The van der Waals surface area contributed by atoms with Crippen LogP contribution >= 0.6 is 11.8 Å². The summed E-state index contributed by atoms with van der Waals surface area (Å²) in [6.45, 7) is 1.90. The molecule has 1 aromatic carbocycles. The van der Waals surface area contributed by atoms with Crippen LogP contribution in [-0.2, 0) is 4.79 Å². The summed E-state index contributed by atoms with van der Waals surface area (Å²) in [5.41, 5.74) is 0. The minimum Gasteiger partial charge on any atom is -0.484 e. The highest BCUT2D eigenvalue weighted by molar-refractivity contribution is 7.99. The summed E-state index contributed by atoms with van der Waals surface area (Å²) in [5.74, 6) is 0.489. The molecule has 0 saturated heterocycles. The molecule has 0 aliphatic carbocycles. The van der Waals surface area contributed by atoms with E-state index in [-0.39, 0.29) is 30.4 Å². The van der Waals surface area contributed by atoms with Gasteiger partial charge in [0.05, 0.1) is 6.61 Å². The maximum Gasteiger partial charge on any atom is 0.258 e. The molecule has 0 fully saturated rings. The average Bonchev–Trinajstić information content (AvgIpc) is 2.39. The van der Waals surface area contributed by atoms with Crippen LogP contribution in [0.1, 0.15) is 6.92 Å². The summed E-state index contributed by atoms with van der Waals surface area (Å²) in [4.78, 5) is 11.6. The minimum atomic E-state index is -0.182. The Morgan fingerprint density at radius 1 is 1.44 bits per heavy atom. The van der Waals surface area contributed by atoms with Gasteiger partial charge in [0.1, 0.15) is 5.75 Å². The first-order valence-corrected chi connectivity index (χ1v) is 7.07. The zero-order chi connectivity index (χ0) is 13.4. The van der Waals surface area contributed by atoms with Crippen LogP contribution in [0.3, 0.4) is 0 Å². The highest BCUT2D eigenvalue weighted by atomic mass is 32.2. The van der Waals surface area contributed by atoms with Gasteiger partial charge in [0.15, 0.2) is 6.61 Å². The van der Waals surface area contributed by atoms with Gasteiger partial charge in [-0.25, -0.2) is 0 Å². The number of carbonyl (C=O) groups is 1. The lowest BCUT2D eigenvalue weighted by Gasteiger charge is -2.21. The van der Waals surface area contributed by atoms with E-state index < -0.39 is 0 Å². The third-order valence-electron chi connectivity index (χ3n) is 2.54. The number of nitrogens with one attached hydrogen (secondary N) is 1. The number of benzene rings is 1. The molecule has 0 saturated carbocycles. The molecular weight excluding hydrogens is 250 g/mol. The quantitative estimate of drug-likeness (QED) is 0.783. The van der Waals surface area contributed by atoms with Crippen LogP contribution in [0.2, 0.25) is 0 Å². The average molecular weight is 269 g/mol. The van der Waals surface area contributed by atoms with Gasteiger partial charge in [-0.3, -0.25) is 4.79 Å². The molecule has 1 rings (SSSR count). The molecule has 2 atom stereocenters. The van der Waals surface area contributed by atoms with E-state index in [1.54, 1.807) is 12.1 Å². The fraction of sp³-hybridized carbons (Fsp3) is 0.462. The largest absolute Gasteiger partial charge is 0.484 e. The Labute approximate surface area is 112 Å². The van der Waals surface area contributed by atoms with Crippen LogP contribution in [-0.4, -0.2) is 41.8 Å². The summed E-state index contributed by atoms with van der Waals surface area (Å²) < 4.78 is 5.33. The van der Waals surface area contributed by atoms with Crippen molar-refractivity contribution in [2.45, 2.75) is 18.2 Å². The first-order chi connectivity index (χ1) is 8.67. The second-order valence-electron chi connectivity index (χ2n) is 3.91. The van der Waals surface area contributed by atoms with E-state index in [0.717, 1.165) is 0 Å². The number of aliphatic hydroxyl groups excluding tert-OH is 1. The third kappa shape index (κ3) is 4.98. The van der Waals surface area contributed by atoms with E-state index in [1.165, 1.54) is 11.8 Å². The monoisotopic (exact) mass is 269 g/mol. The van der Waals surface area contributed by atoms with E-state index in [0.29, 0.717) is 5.75 Å². The lowest BCUT2D eigenvalue weighted by molar-refractivity contribution is -0.123. The number of hydrogen-bond acceptors (Lipinski definition) is 4. The number of carbonyl (C=O) groups excluding carboxylic acids is 1. The molecule has 5 heteroatoms. The second-order valence-corrected chi connectivity index (χ2v) is 4.99. The summed E-state index contributed by atoms with van der Waals surface area (Å²) in [7, 11) is 0. The van der Waals surface area contributed by atoms with E-state index >= 15 is 0 Å². The van der Waals surface area contributed by atoms with Gasteiger partial charge in [-0.2, -0.15) is 11.8 Å². The SMILES string of the molecule is CSC(CO)C(C)NC(=O)COc1ccccc1. The Bertz CT molecular complexity index is 355. The van der Waals surface area contributed by atoms with Crippen LogP contribution < -0.4 is 10.1 Å². The Morgan fingerprint density at radius 2 is 2.11 bits per heavy atom. The van der Waals surface area contributed by atoms with Crippen molar-refractivity contribution in [3.63, 3.8) is 0 Å². The fourth-order valence-electron chi connectivity index (χ4n) is 1.49. The van der Waals surface area contributed by atoms with Crippen molar-refractivity contribution in [3.05, 3.63) is 30.3 Å². The van der Waals surface area contributed by atoms with Crippen molar-refractivity contribution in [3.8, 4) is 5.75 Å². The number of amides is 1. The Balaban J connectivity index is 2.33. The van der Waals surface area contributed by atoms with E-state index in [2.05, 4.69) is 5.32 Å². The fourth-order valence-corrected chi connectivity index (χ4v) is 2.12. The van der Waals surface area contributed by atoms with Crippen molar-refractivity contribution in [2.24, 2.45) is 0 Å². The van der Waals surface area contributed by atoms with Crippen LogP contribution in [0.4, 0.5) is 0 Å². The third-order valence-corrected chi connectivity index (χ3v) is 3.70. The number of ether oxygens (including phenoxy) is 1. The highest BCUT2D eigenvalue weighted by Crippen LogP contribution is 2.10. The predicted molar refractivity (Wildman–Crippen MR) is 73.9 cm³/mol. The van der Waals surface area contributed by atoms with Gasteiger partial charge in [-0.1, -0.05) is 18.2 Å². The maximum absolute atomic E-state index is 11.6. The Morgan fingerprint density at radius 3 is 2.67 bits per heavy atom. The van der Waals surface area contributed by atoms with Gasteiger partial charge in [0, 0.05) is 11.3 Å². The lowest BCUT2D eigenvalue weighted by Crippen LogP contribution is -2.43. The maximum atomic E-state index is 11.6. The minimum absolute atomic E-state index is 0.00525. The van der Waals surface area contributed by atoms with Crippen molar-refractivity contribution in [2.75, 3.05) is 19.5 Å². The van der Waals surface area contributed by atoms with E-state index in [1.807, 2.05) is 31.4 Å². The molecule has 0 radical (unpaired) electrons. The number of thioether (sulfide) groups is 1. The first-order valence-electron chi connectivity index (χ1n) is 5.78. The van der Waals surface area contributed by atoms with Crippen molar-refractivity contribution < 1.29 is 14.6 Å². The molecular formula is C13H19NO3S.